The van der Waals surface area contributed by atoms with Gasteiger partial charge in [-0.25, -0.2) is 4.39 Å². The van der Waals surface area contributed by atoms with E-state index in [1.165, 1.54) is 18.2 Å². The molecule has 0 unspecified atom stereocenters. The van der Waals surface area contributed by atoms with Crippen LogP contribution >= 0.6 is 0 Å². The highest BCUT2D eigenvalue weighted by Crippen LogP contribution is 2.18. The summed E-state index contributed by atoms with van der Waals surface area (Å²) in [7, 11) is 3.55. The van der Waals surface area contributed by atoms with Gasteiger partial charge in [-0.2, -0.15) is 0 Å². The summed E-state index contributed by atoms with van der Waals surface area (Å²) in [5.41, 5.74) is 0.326. The fourth-order valence-corrected chi connectivity index (χ4v) is 2.89. The molecule has 0 bridgehead atoms. The van der Waals surface area contributed by atoms with Crippen LogP contribution in [0.15, 0.2) is 24.3 Å². The molecule has 0 saturated carbocycles. The van der Waals surface area contributed by atoms with Crippen molar-refractivity contribution >= 4 is 11.8 Å². The summed E-state index contributed by atoms with van der Waals surface area (Å²) in [5, 5.41) is 2.79. The fraction of sp³-hybridized carbons (Fsp3) is 0.529. The summed E-state index contributed by atoms with van der Waals surface area (Å²) < 4.78 is 13.1. The van der Waals surface area contributed by atoms with Crippen LogP contribution in [0.5, 0.6) is 0 Å². The molecule has 1 aromatic carbocycles. The maximum Gasteiger partial charge on any atom is 0.251 e. The van der Waals surface area contributed by atoms with E-state index in [9.17, 15) is 14.0 Å². The monoisotopic (exact) mass is 321 g/mol. The topological polar surface area (TPSA) is 52.7 Å². The maximum atomic E-state index is 13.1. The second kappa shape index (κ2) is 8.06. The van der Waals surface area contributed by atoms with E-state index in [2.05, 4.69) is 10.2 Å². The van der Waals surface area contributed by atoms with Crippen molar-refractivity contribution in [3.63, 3.8) is 0 Å². The van der Waals surface area contributed by atoms with Crippen LogP contribution in [0.25, 0.3) is 0 Å². The Morgan fingerprint density at radius 1 is 1.39 bits per heavy atom. The number of likely N-dealkylation sites (tertiary alicyclic amines) is 1. The van der Waals surface area contributed by atoms with E-state index in [-0.39, 0.29) is 17.9 Å². The van der Waals surface area contributed by atoms with Gasteiger partial charge in [0.05, 0.1) is 6.04 Å². The summed E-state index contributed by atoms with van der Waals surface area (Å²) in [6, 6.07) is 5.61. The van der Waals surface area contributed by atoms with Crippen molar-refractivity contribution in [2.24, 2.45) is 0 Å². The minimum absolute atomic E-state index is 0.0380. The normalized spacial score (nSPS) is 18.0. The van der Waals surface area contributed by atoms with Crippen molar-refractivity contribution in [3.8, 4) is 0 Å². The molecule has 2 amide bonds. The van der Waals surface area contributed by atoms with Gasteiger partial charge < -0.3 is 10.2 Å². The summed E-state index contributed by atoms with van der Waals surface area (Å²) in [4.78, 5) is 27.8. The highest BCUT2D eigenvalue weighted by Gasteiger charge is 2.30. The summed E-state index contributed by atoms with van der Waals surface area (Å²) in [6.45, 7) is 2.20. The Morgan fingerprint density at radius 3 is 2.87 bits per heavy atom. The first-order valence-corrected chi connectivity index (χ1v) is 7.98. The summed E-state index contributed by atoms with van der Waals surface area (Å²) in [6.07, 6.45) is 2.69. The van der Waals surface area contributed by atoms with Gasteiger partial charge in [0.1, 0.15) is 5.82 Å². The largest absolute Gasteiger partial charge is 0.352 e. The molecule has 0 aromatic heterocycles. The Labute approximate surface area is 136 Å². The molecule has 1 aliphatic rings. The lowest BCUT2D eigenvalue weighted by atomic mass is 10.2. The average Bonchev–Trinajstić information content (AvgIpc) is 2.98. The lowest BCUT2D eigenvalue weighted by Crippen LogP contribution is -2.43. The SMILES string of the molecule is CN(C)C(=O)[C@H]1CCCN1CCCNC(=O)c1cccc(F)c1. The first-order chi connectivity index (χ1) is 11.0. The molecule has 2 rings (SSSR count). The molecule has 1 N–H and O–H groups in total. The van der Waals surface area contributed by atoms with Gasteiger partial charge in [-0.1, -0.05) is 6.07 Å². The molecule has 0 spiro atoms. The minimum atomic E-state index is -0.417. The molecule has 6 heteroatoms. The minimum Gasteiger partial charge on any atom is -0.352 e. The molecule has 126 valence electrons. The number of nitrogens with one attached hydrogen (secondary N) is 1. The molecule has 1 saturated heterocycles. The number of hydrogen-bond donors (Lipinski definition) is 1. The van der Waals surface area contributed by atoms with Gasteiger partial charge in [0, 0.05) is 32.7 Å². The van der Waals surface area contributed by atoms with Crippen LogP contribution in [0.1, 0.15) is 29.6 Å². The first-order valence-electron chi connectivity index (χ1n) is 7.98. The zero-order chi connectivity index (χ0) is 16.8. The number of benzene rings is 1. The second-order valence-electron chi connectivity index (χ2n) is 6.05. The van der Waals surface area contributed by atoms with Crippen LogP contribution in [-0.2, 0) is 4.79 Å². The zero-order valence-corrected chi connectivity index (χ0v) is 13.7. The van der Waals surface area contributed by atoms with E-state index >= 15 is 0 Å². The summed E-state index contributed by atoms with van der Waals surface area (Å²) in [5.74, 6) is -0.544. The molecule has 1 atom stereocenters. The standard InChI is InChI=1S/C17H24FN3O2/c1-20(2)17(23)15-8-4-10-21(15)11-5-9-19-16(22)13-6-3-7-14(18)12-13/h3,6-7,12,15H,4-5,8-11H2,1-2H3,(H,19,22)/t15-/m1/s1. The Kier molecular flexibility index (Phi) is 6.10. The smallest absolute Gasteiger partial charge is 0.251 e. The van der Waals surface area contributed by atoms with Crippen molar-refractivity contribution in [1.82, 2.24) is 15.1 Å². The van der Waals surface area contributed by atoms with Crippen LogP contribution in [-0.4, -0.2) is 61.4 Å². The van der Waals surface area contributed by atoms with Crippen LogP contribution in [0, 0.1) is 5.82 Å². The third-order valence-corrected chi connectivity index (χ3v) is 4.08. The number of carbonyl (C=O) groups excluding carboxylic acids is 2. The van der Waals surface area contributed by atoms with Crippen molar-refractivity contribution in [2.75, 3.05) is 33.7 Å². The van der Waals surface area contributed by atoms with Crippen molar-refractivity contribution in [3.05, 3.63) is 35.6 Å². The quantitative estimate of drug-likeness (QED) is 0.808. The van der Waals surface area contributed by atoms with Gasteiger partial charge in [0.15, 0.2) is 0 Å². The fourth-order valence-electron chi connectivity index (χ4n) is 2.89. The first kappa shape index (κ1) is 17.4. The van der Waals surface area contributed by atoms with Crippen molar-refractivity contribution in [2.45, 2.75) is 25.3 Å². The van der Waals surface area contributed by atoms with Crippen LogP contribution < -0.4 is 5.32 Å². The molecule has 1 aromatic rings. The van der Waals surface area contributed by atoms with Gasteiger partial charge in [0.2, 0.25) is 5.91 Å². The maximum absolute atomic E-state index is 13.1. The highest BCUT2D eigenvalue weighted by molar-refractivity contribution is 5.94. The molecular formula is C17H24FN3O2. The van der Waals surface area contributed by atoms with Crippen molar-refractivity contribution < 1.29 is 14.0 Å². The van der Waals surface area contributed by atoms with E-state index in [0.717, 1.165) is 32.4 Å². The third-order valence-electron chi connectivity index (χ3n) is 4.08. The average molecular weight is 321 g/mol. The number of nitrogens with zero attached hydrogens (tertiary/aromatic N) is 2. The molecule has 0 aliphatic carbocycles. The van der Waals surface area contributed by atoms with E-state index < -0.39 is 5.82 Å². The Balaban J connectivity index is 1.74. The number of halogens is 1. The lowest BCUT2D eigenvalue weighted by molar-refractivity contribution is -0.133. The van der Waals surface area contributed by atoms with Crippen LogP contribution in [0.4, 0.5) is 4.39 Å². The molecule has 1 fully saturated rings. The van der Waals surface area contributed by atoms with Gasteiger partial charge in [0.25, 0.3) is 5.91 Å². The predicted octanol–water partition coefficient (Wildman–Crippen LogP) is 1.50. The molecule has 1 aliphatic heterocycles. The number of likely N-dealkylation sites (N-methyl/N-ethyl adjacent to an activating group) is 1. The molecule has 5 nitrogen and oxygen atoms in total. The number of rotatable bonds is 6. The van der Waals surface area contributed by atoms with Gasteiger partial charge in [-0.3, -0.25) is 14.5 Å². The summed E-state index contributed by atoms with van der Waals surface area (Å²) >= 11 is 0. The van der Waals surface area contributed by atoms with Crippen molar-refractivity contribution in [1.29, 1.82) is 0 Å². The van der Waals surface area contributed by atoms with E-state index in [4.69, 9.17) is 0 Å². The molecular weight excluding hydrogens is 297 g/mol. The van der Waals surface area contributed by atoms with E-state index in [1.54, 1.807) is 25.1 Å². The number of hydrogen-bond acceptors (Lipinski definition) is 3. The van der Waals surface area contributed by atoms with Crippen LogP contribution in [0.3, 0.4) is 0 Å². The molecule has 0 radical (unpaired) electrons. The third kappa shape index (κ3) is 4.76. The zero-order valence-electron chi connectivity index (χ0n) is 13.7. The number of carbonyl (C=O) groups is 2. The lowest BCUT2D eigenvalue weighted by Gasteiger charge is -2.26. The number of amides is 2. The van der Waals surface area contributed by atoms with Crippen LogP contribution in [0.2, 0.25) is 0 Å². The second-order valence-corrected chi connectivity index (χ2v) is 6.05. The highest BCUT2D eigenvalue weighted by atomic mass is 19.1. The Morgan fingerprint density at radius 2 is 2.17 bits per heavy atom. The van der Waals surface area contributed by atoms with Gasteiger partial charge in [-0.15, -0.1) is 0 Å². The van der Waals surface area contributed by atoms with Gasteiger partial charge >= 0.3 is 0 Å². The molecule has 23 heavy (non-hydrogen) atoms. The Bertz CT molecular complexity index is 563. The Hall–Kier alpha value is -1.95. The van der Waals surface area contributed by atoms with Gasteiger partial charge in [-0.05, 0) is 44.0 Å². The van der Waals surface area contributed by atoms with E-state index in [0.29, 0.717) is 12.1 Å². The van der Waals surface area contributed by atoms with E-state index in [1.807, 2.05) is 0 Å². The molecule has 1 heterocycles. The predicted molar refractivity (Wildman–Crippen MR) is 86.6 cm³/mol.